The van der Waals surface area contributed by atoms with Gasteiger partial charge in [0.25, 0.3) is 0 Å². The summed E-state index contributed by atoms with van der Waals surface area (Å²) in [5.41, 5.74) is 10.6. The van der Waals surface area contributed by atoms with E-state index in [-0.39, 0.29) is 36.1 Å². The average Bonchev–Trinajstić information content (AvgIpc) is 3.12. The fraction of sp³-hybridized carbons (Fsp3) is 0.447. The van der Waals surface area contributed by atoms with Gasteiger partial charge in [0.1, 0.15) is 6.61 Å². The number of benzene rings is 3. The van der Waals surface area contributed by atoms with Crippen LogP contribution in [0.1, 0.15) is 37.7 Å². The van der Waals surface area contributed by atoms with Crippen molar-refractivity contribution in [3.05, 3.63) is 84.4 Å². The number of hydrogen-bond acceptors (Lipinski definition) is 6. The molecule has 10 nitrogen and oxygen atoms in total. The fourth-order valence-corrected chi connectivity index (χ4v) is 9.42. The third-order valence-electron chi connectivity index (χ3n) is 11.6. The van der Waals surface area contributed by atoms with Crippen LogP contribution in [0.5, 0.6) is 0 Å². The van der Waals surface area contributed by atoms with Gasteiger partial charge in [-0.1, -0.05) is 42.5 Å². The van der Waals surface area contributed by atoms with Gasteiger partial charge in [-0.05, 0) is 91.8 Å². The van der Waals surface area contributed by atoms with Crippen LogP contribution in [-0.4, -0.2) is 68.2 Å². The van der Waals surface area contributed by atoms with E-state index < -0.39 is 0 Å². The highest BCUT2D eigenvalue weighted by Gasteiger charge is 2.58. The van der Waals surface area contributed by atoms with E-state index in [1.807, 2.05) is 53.4 Å². The maximum absolute atomic E-state index is 13.9. The highest BCUT2D eigenvalue weighted by Crippen LogP contribution is 2.60. The maximum atomic E-state index is 13.9. The monoisotopic (exact) mass is 648 g/mol. The molecule has 2 aliphatic heterocycles. The van der Waals surface area contributed by atoms with Gasteiger partial charge in [0, 0.05) is 62.1 Å². The van der Waals surface area contributed by atoms with Gasteiger partial charge in [-0.25, -0.2) is 9.59 Å². The molecule has 4 aliphatic carbocycles. The van der Waals surface area contributed by atoms with Gasteiger partial charge in [-0.3, -0.25) is 9.69 Å². The first kappa shape index (κ1) is 30.6. The Labute approximate surface area is 281 Å². The number of nitrogens with two attached hydrogens (primary N) is 1. The molecule has 0 spiro atoms. The number of primary amides is 1. The van der Waals surface area contributed by atoms with Crippen molar-refractivity contribution in [1.29, 1.82) is 0 Å². The van der Waals surface area contributed by atoms with E-state index in [0.29, 0.717) is 43.9 Å². The van der Waals surface area contributed by atoms with Gasteiger partial charge in [-0.2, -0.15) is 0 Å². The van der Waals surface area contributed by atoms with Crippen molar-refractivity contribution in [3.63, 3.8) is 0 Å². The minimum atomic E-state index is -0.365. The van der Waals surface area contributed by atoms with E-state index in [9.17, 15) is 14.4 Å². The Kier molecular flexibility index (Phi) is 7.89. The number of carbonyl (C=O) groups excluding carboxylic acids is 3. The summed E-state index contributed by atoms with van der Waals surface area (Å²) < 4.78 is 5.53. The molecule has 0 aromatic heterocycles. The summed E-state index contributed by atoms with van der Waals surface area (Å²) in [6, 6.07) is 26.5. The first-order valence-corrected chi connectivity index (χ1v) is 17.4. The molecule has 3 aromatic rings. The van der Waals surface area contributed by atoms with Crippen molar-refractivity contribution in [2.45, 2.75) is 44.8 Å². The predicted molar refractivity (Wildman–Crippen MR) is 185 cm³/mol. The van der Waals surface area contributed by atoms with Crippen LogP contribution in [0.25, 0.3) is 0 Å². The highest BCUT2D eigenvalue weighted by atomic mass is 16.6. The van der Waals surface area contributed by atoms with Crippen LogP contribution in [0, 0.1) is 23.2 Å². The molecule has 4 saturated carbocycles. The second-order valence-corrected chi connectivity index (χ2v) is 14.4. The van der Waals surface area contributed by atoms with Gasteiger partial charge in [0.05, 0.1) is 11.4 Å². The Morgan fingerprint density at radius 3 is 2.08 bits per heavy atom. The minimum absolute atomic E-state index is 0.0499. The first-order valence-electron chi connectivity index (χ1n) is 17.4. The third-order valence-corrected chi connectivity index (χ3v) is 11.6. The van der Waals surface area contributed by atoms with Crippen molar-refractivity contribution in [1.82, 2.24) is 10.2 Å². The normalized spacial score (nSPS) is 27.4. The SMILES string of the molecule is NC(=O)C12CC3C[C@H](C1)C(NC(=O)N1CCN(c4ccc(N5CCN(C(=O)OCc6ccccc6)CC5)cc4)c4ccccc41)[C@@H](C3)C2. The second kappa shape index (κ2) is 12.4. The molecule has 6 aliphatic rings. The number of para-hydroxylation sites is 2. The molecule has 2 heterocycles. The van der Waals surface area contributed by atoms with Gasteiger partial charge in [0.15, 0.2) is 0 Å². The lowest BCUT2D eigenvalue weighted by Crippen LogP contribution is -2.63. The molecule has 0 radical (unpaired) electrons. The summed E-state index contributed by atoms with van der Waals surface area (Å²) in [5.74, 6) is 1.04. The molecule has 5 atom stereocenters. The predicted octanol–water partition coefficient (Wildman–Crippen LogP) is 5.49. The molecule has 3 aromatic carbocycles. The summed E-state index contributed by atoms with van der Waals surface area (Å²) in [6.07, 6.45) is 4.42. The molecule has 5 fully saturated rings. The molecule has 3 N–H and O–H groups in total. The molecule has 48 heavy (non-hydrogen) atoms. The molecule has 1 saturated heterocycles. The highest BCUT2D eigenvalue weighted by molar-refractivity contribution is 5.98. The number of fused-ring (bicyclic) bond motifs is 1. The first-order chi connectivity index (χ1) is 23.4. The van der Waals surface area contributed by atoms with Crippen molar-refractivity contribution in [2.75, 3.05) is 54.0 Å². The standard InChI is InChI=1S/C38H44N6O4/c39-35(45)38-22-27-20-28(23-38)34(29(21-27)24-38)40-36(46)44-19-18-43(32-8-4-5-9-33(32)44)31-12-10-30(11-13-31)41-14-16-42(17-15-41)37(47)48-25-26-6-2-1-3-7-26/h1-13,27-29,34H,14-25H2,(H2,39,45)(H,40,46)/t27?,28-,29+,34?,38?. The molecule has 250 valence electrons. The number of urea groups is 1. The van der Waals surface area contributed by atoms with Crippen molar-refractivity contribution >= 4 is 40.8 Å². The zero-order valence-electron chi connectivity index (χ0n) is 27.3. The van der Waals surface area contributed by atoms with Gasteiger partial charge < -0.3 is 30.5 Å². The van der Waals surface area contributed by atoms with Crippen LogP contribution in [0.3, 0.4) is 0 Å². The van der Waals surface area contributed by atoms with Crippen LogP contribution in [-0.2, 0) is 16.1 Å². The Morgan fingerprint density at radius 1 is 0.750 bits per heavy atom. The number of hydrogen-bond donors (Lipinski definition) is 2. The van der Waals surface area contributed by atoms with Crippen LogP contribution in [0.2, 0.25) is 0 Å². The van der Waals surface area contributed by atoms with Crippen molar-refractivity contribution in [3.8, 4) is 0 Å². The van der Waals surface area contributed by atoms with E-state index in [0.717, 1.165) is 73.5 Å². The third kappa shape index (κ3) is 5.61. The Balaban J connectivity index is 0.893. The van der Waals surface area contributed by atoms with Crippen LogP contribution in [0.4, 0.5) is 32.3 Å². The summed E-state index contributed by atoms with van der Waals surface area (Å²) in [7, 11) is 0. The van der Waals surface area contributed by atoms with Crippen molar-refractivity contribution in [2.24, 2.45) is 28.9 Å². The Bertz CT molecular complexity index is 1660. The lowest BCUT2D eigenvalue weighted by atomic mass is 9.47. The molecular weight excluding hydrogens is 604 g/mol. The summed E-state index contributed by atoms with van der Waals surface area (Å²) >= 11 is 0. The van der Waals surface area contributed by atoms with Gasteiger partial charge in [0.2, 0.25) is 5.91 Å². The number of piperazine rings is 1. The number of rotatable bonds is 6. The Hall–Kier alpha value is -4.73. The quantitative estimate of drug-likeness (QED) is 0.366. The minimum Gasteiger partial charge on any atom is -0.445 e. The van der Waals surface area contributed by atoms with E-state index in [1.54, 1.807) is 4.90 Å². The van der Waals surface area contributed by atoms with Crippen LogP contribution in [0.15, 0.2) is 78.9 Å². The van der Waals surface area contributed by atoms with Crippen LogP contribution >= 0.6 is 0 Å². The zero-order chi connectivity index (χ0) is 32.8. The second-order valence-electron chi connectivity index (χ2n) is 14.4. The van der Waals surface area contributed by atoms with Crippen molar-refractivity contribution < 1.29 is 19.1 Å². The summed E-state index contributed by atoms with van der Waals surface area (Å²) in [6.45, 7) is 4.24. The molecule has 3 unspecified atom stereocenters. The molecule has 4 bridgehead atoms. The fourth-order valence-electron chi connectivity index (χ4n) is 9.42. The number of anilines is 4. The van der Waals surface area contributed by atoms with E-state index in [2.05, 4.69) is 45.4 Å². The lowest BCUT2D eigenvalue weighted by molar-refractivity contribution is -0.145. The molecule has 9 rings (SSSR count). The number of ether oxygens (including phenoxy) is 1. The molecule has 4 amide bonds. The molecule has 10 heteroatoms. The number of carbonyl (C=O) groups is 3. The maximum Gasteiger partial charge on any atom is 0.410 e. The van der Waals surface area contributed by atoms with Gasteiger partial charge >= 0.3 is 12.1 Å². The number of amides is 4. The van der Waals surface area contributed by atoms with E-state index in [4.69, 9.17) is 10.5 Å². The summed E-state index contributed by atoms with van der Waals surface area (Å²) in [5, 5.41) is 3.43. The van der Waals surface area contributed by atoms with Gasteiger partial charge in [-0.15, -0.1) is 0 Å². The zero-order valence-corrected chi connectivity index (χ0v) is 27.3. The van der Waals surface area contributed by atoms with E-state index in [1.165, 1.54) is 0 Å². The lowest BCUT2D eigenvalue weighted by Gasteiger charge is -2.59. The summed E-state index contributed by atoms with van der Waals surface area (Å²) in [4.78, 5) is 47.1. The molecular formula is C38H44N6O4. The number of nitrogens with zero attached hydrogens (tertiary/aromatic N) is 4. The average molecular weight is 649 g/mol. The topological polar surface area (TPSA) is 111 Å². The van der Waals surface area contributed by atoms with Crippen LogP contribution < -0.4 is 25.8 Å². The smallest absolute Gasteiger partial charge is 0.410 e. The largest absolute Gasteiger partial charge is 0.445 e. The number of nitrogens with one attached hydrogen (secondary N) is 1. The Morgan fingerprint density at radius 2 is 1.40 bits per heavy atom. The van der Waals surface area contributed by atoms with E-state index >= 15 is 0 Å².